The van der Waals surface area contributed by atoms with Crippen molar-refractivity contribution in [1.29, 1.82) is 0 Å². The van der Waals surface area contributed by atoms with Gasteiger partial charge in [-0.15, -0.1) is 11.3 Å². The highest BCUT2D eigenvalue weighted by Gasteiger charge is 2.28. The molecule has 6 heteroatoms. The zero-order chi connectivity index (χ0) is 18.1. The van der Waals surface area contributed by atoms with Crippen LogP contribution in [0.5, 0.6) is 0 Å². The predicted octanol–water partition coefficient (Wildman–Crippen LogP) is 4.35. The van der Waals surface area contributed by atoms with E-state index >= 15 is 0 Å². The summed E-state index contributed by atoms with van der Waals surface area (Å²) in [7, 11) is 0. The molecule has 3 heterocycles. The number of hydrogen-bond acceptors (Lipinski definition) is 5. The Labute approximate surface area is 153 Å². The fourth-order valence-electron chi connectivity index (χ4n) is 2.95. The van der Waals surface area contributed by atoms with E-state index in [4.69, 9.17) is 4.42 Å². The summed E-state index contributed by atoms with van der Waals surface area (Å²) in [5.41, 5.74) is 1.76. The fraction of sp³-hybridized carbons (Fsp3) is 0.632. The third kappa shape index (κ3) is 3.94. The second-order valence-corrected chi connectivity index (χ2v) is 8.54. The van der Waals surface area contributed by atoms with E-state index in [0.717, 1.165) is 52.2 Å². The van der Waals surface area contributed by atoms with Gasteiger partial charge in [0, 0.05) is 25.3 Å². The molecule has 0 bridgehead atoms. The van der Waals surface area contributed by atoms with Crippen molar-refractivity contribution in [2.45, 2.75) is 66.3 Å². The van der Waals surface area contributed by atoms with Gasteiger partial charge in [-0.3, -0.25) is 4.79 Å². The molecule has 3 rings (SSSR count). The minimum Gasteiger partial charge on any atom is -0.445 e. The summed E-state index contributed by atoms with van der Waals surface area (Å²) in [6.45, 7) is 11.7. The smallest absolute Gasteiger partial charge is 0.266 e. The average molecular weight is 362 g/mol. The summed E-state index contributed by atoms with van der Waals surface area (Å²) in [4.78, 5) is 24.7. The maximum Gasteiger partial charge on any atom is 0.266 e. The minimum absolute atomic E-state index is 0.0688. The van der Waals surface area contributed by atoms with Gasteiger partial charge in [0.25, 0.3) is 5.91 Å². The van der Waals surface area contributed by atoms with Crippen LogP contribution in [0.1, 0.15) is 77.8 Å². The zero-order valence-corrected chi connectivity index (χ0v) is 16.6. The van der Waals surface area contributed by atoms with E-state index in [0.29, 0.717) is 24.9 Å². The number of aromatic nitrogens is 2. The molecule has 0 fully saturated rings. The molecular weight excluding hydrogens is 334 g/mol. The summed E-state index contributed by atoms with van der Waals surface area (Å²) in [6.07, 6.45) is 2.68. The largest absolute Gasteiger partial charge is 0.445 e. The van der Waals surface area contributed by atoms with E-state index < -0.39 is 0 Å². The maximum absolute atomic E-state index is 12.9. The highest BCUT2D eigenvalue weighted by atomic mass is 32.1. The number of nitrogens with zero attached hydrogens (tertiary/aromatic N) is 3. The van der Waals surface area contributed by atoms with Crippen molar-refractivity contribution in [3.8, 4) is 0 Å². The van der Waals surface area contributed by atoms with E-state index in [-0.39, 0.29) is 5.91 Å². The third-order valence-corrected chi connectivity index (χ3v) is 5.94. The quantitative estimate of drug-likeness (QED) is 0.794. The Morgan fingerprint density at radius 2 is 2.04 bits per heavy atom. The van der Waals surface area contributed by atoms with Crippen LogP contribution < -0.4 is 0 Å². The lowest BCUT2D eigenvalue weighted by molar-refractivity contribution is 0.0732. The number of thiazole rings is 1. The molecular formula is C19H27N3O2S. The lowest BCUT2D eigenvalue weighted by Crippen LogP contribution is -2.35. The highest BCUT2D eigenvalue weighted by molar-refractivity contribution is 7.13. The Balaban J connectivity index is 1.73. The summed E-state index contributed by atoms with van der Waals surface area (Å²) in [5, 5.41) is 1.02. The molecule has 2 aromatic rings. The predicted molar refractivity (Wildman–Crippen MR) is 99.0 cm³/mol. The molecule has 0 saturated heterocycles. The van der Waals surface area contributed by atoms with Crippen molar-refractivity contribution in [3.63, 3.8) is 0 Å². The van der Waals surface area contributed by atoms with E-state index in [1.54, 1.807) is 0 Å². The van der Waals surface area contributed by atoms with Gasteiger partial charge in [0.2, 0.25) is 0 Å². The van der Waals surface area contributed by atoms with Gasteiger partial charge < -0.3 is 9.32 Å². The SMILES string of the molecule is Cc1nc(C(C)C)sc1C(=O)N1CCc2oc(CCC(C)C)nc2C1. The van der Waals surface area contributed by atoms with Crippen LogP contribution in [0.15, 0.2) is 4.42 Å². The van der Waals surface area contributed by atoms with Gasteiger partial charge in [0.1, 0.15) is 16.3 Å². The van der Waals surface area contributed by atoms with E-state index in [2.05, 4.69) is 37.7 Å². The van der Waals surface area contributed by atoms with Gasteiger partial charge in [-0.1, -0.05) is 27.7 Å². The Hall–Kier alpha value is -1.69. The molecule has 0 radical (unpaired) electrons. The number of aryl methyl sites for hydroxylation is 2. The van der Waals surface area contributed by atoms with Crippen LogP contribution in [-0.4, -0.2) is 27.3 Å². The van der Waals surface area contributed by atoms with Gasteiger partial charge >= 0.3 is 0 Å². The van der Waals surface area contributed by atoms with Crippen LogP contribution in [0.25, 0.3) is 0 Å². The Kier molecular flexibility index (Phi) is 5.27. The Morgan fingerprint density at radius 3 is 2.68 bits per heavy atom. The number of hydrogen-bond donors (Lipinski definition) is 0. The van der Waals surface area contributed by atoms with Gasteiger partial charge in [0.15, 0.2) is 5.89 Å². The summed E-state index contributed by atoms with van der Waals surface area (Å²) in [6, 6.07) is 0. The van der Waals surface area contributed by atoms with E-state index in [9.17, 15) is 4.79 Å². The van der Waals surface area contributed by atoms with Crippen molar-refractivity contribution in [1.82, 2.24) is 14.9 Å². The van der Waals surface area contributed by atoms with Gasteiger partial charge in [0.05, 0.1) is 17.2 Å². The molecule has 2 aromatic heterocycles. The van der Waals surface area contributed by atoms with Crippen LogP contribution in [0.2, 0.25) is 0 Å². The normalized spacial score (nSPS) is 14.4. The highest BCUT2D eigenvalue weighted by Crippen LogP contribution is 2.28. The zero-order valence-electron chi connectivity index (χ0n) is 15.8. The molecule has 0 spiro atoms. The number of rotatable bonds is 5. The van der Waals surface area contributed by atoms with Crippen LogP contribution in [0, 0.1) is 12.8 Å². The molecule has 0 atom stereocenters. The van der Waals surface area contributed by atoms with Gasteiger partial charge in [-0.2, -0.15) is 0 Å². The van der Waals surface area contributed by atoms with E-state index in [1.807, 2.05) is 11.8 Å². The molecule has 1 amide bonds. The van der Waals surface area contributed by atoms with Crippen molar-refractivity contribution >= 4 is 17.2 Å². The lowest BCUT2D eigenvalue weighted by atomic mass is 10.1. The van der Waals surface area contributed by atoms with Gasteiger partial charge in [-0.25, -0.2) is 9.97 Å². The van der Waals surface area contributed by atoms with Crippen LogP contribution in [0.3, 0.4) is 0 Å². The fourth-order valence-corrected chi connectivity index (χ4v) is 3.99. The number of oxazole rings is 1. The van der Waals surface area contributed by atoms with Crippen molar-refractivity contribution in [3.05, 3.63) is 32.9 Å². The maximum atomic E-state index is 12.9. The first-order valence-electron chi connectivity index (χ1n) is 9.09. The summed E-state index contributed by atoms with van der Waals surface area (Å²) < 4.78 is 5.89. The second kappa shape index (κ2) is 7.28. The Bertz CT molecular complexity index is 761. The first-order valence-corrected chi connectivity index (χ1v) is 9.90. The molecule has 0 aromatic carbocycles. The van der Waals surface area contributed by atoms with E-state index in [1.165, 1.54) is 11.3 Å². The molecule has 25 heavy (non-hydrogen) atoms. The standard InChI is InChI=1S/C19H27N3O2S/c1-11(2)6-7-16-21-14-10-22(9-8-15(14)24-16)19(23)17-13(5)20-18(25-17)12(3)4/h11-12H,6-10H2,1-5H3. The topological polar surface area (TPSA) is 59.2 Å². The first kappa shape index (κ1) is 18.1. The lowest BCUT2D eigenvalue weighted by Gasteiger charge is -2.24. The number of amides is 1. The molecule has 1 aliphatic heterocycles. The summed E-state index contributed by atoms with van der Waals surface area (Å²) >= 11 is 1.52. The monoisotopic (exact) mass is 361 g/mol. The summed E-state index contributed by atoms with van der Waals surface area (Å²) in [5.74, 6) is 2.80. The molecule has 136 valence electrons. The Morgan fingerprint density at radius 1 is 1.28 bits per heavy atom. The number of carbonyl (C=O) groups excluding carboxylic acids is 1. The van der Waals surface area contributed by atoms with Crippen molar-refractivity contribution in [2.75, 3.05) is 6.54 Å². The van der Waals surface area contributed by atoms with Crippen molar-refractivity contribution in [2.24, 2.45) is 5.92 Å². The molecule has 5 nitrogen and oxygen atoms in total. The van der Waals surface area contributed by atoms with Crippen LogP contribution in [-0.2, 0) is 19.4 Å². The van der Waals surface area contributed by atoms with Crippen molar-refractivity contribution < 1.29 is 9.21 Å². The third-order valence-electron chi connectivity index (χ3n) is 4.50. The second-order valence-electron chi connectivity index (χ2n) is 7.51. The van der Waals surface area contributed by atoms with Gasteiger partial charge in [-0.05, 0) is 19.3 Å². The average Bonchev–Trinajstić information content (AvgIpc) is 3.14. The molecule has 0 saturated carbocycles. The van der Waals surface area contributed by atoms with Crippen LogP contribution in [0.4, 0.5) is 0 Å². The molecule has 1 aliphatic rings. The number of carbonyl (C=O) groups is 1. The molecule has 0 aliphatic carbocycles. The first-order chi connectivity index (χ1) is 11.8. The molecule has 0 unspecified atom stereocenters. The van der Waals surface area contributed by atoms with Crippen LogP contribution >= 0.6 is 11.3 Å². The number of fused-ring (bicyclic) bond motifs is 1. The minimum atomic E-state index is 0.0688. The molecule has 0 N–H and O–H groups in total.